The third-order valence-electron chi connectivity index (χ3n) is 1.52. The summed E-state index contributed by atoms with van der Waals surface area (Å²) in [6.45, 7) is 3.63. The lowest BCUT2D eigenvalue weighted by Gasteiger charge is -2.08. The molecule has 0 radical (unpaired) electrons. The average Bonchev–Trinajstić information content (AvgIpc) is 2.00. The quantitative estimate of drug-likeness (QED) is 0.460. The first-order chi connectivity index (χ1) is 5.26. The molecule has 4 heteroatoms. The molecule has 0 amide bonds. The first-order valence-corrected chi connectivity index (χ1v) is 4.01. The summed E-state index contributed by atoms with van der Waals surface area (Å²) in [6.07, 6.45) is 0.780. The second-order valence-electron chi connectivity index (χ2n) is 2.38. The Bertz CT molecular complexity index is 117. The fourth-order valence-electron chi connectivity index (χ4n) is 0.887. The third kappa shape index (κ3) is 3.95. The van der Waals surface area contributed by atoms with Gasteiger partial charge in [-0.2, -0.15) is 0 Å². The summed E-state index contributed by atoms with van der Waals surface area (Å²) in [5.41, 5.74) is 7.36. The third-order valence-corrected chi connectivity index (χ3v) is 1.52. The summed E-state index contributed by atoms with van der Waals surface area (Å²) in [5, 5.41) is 0. The Hall–Kier alpha value is -0.610. The van der Waals surface area contributed by atoms with Gasteiger partial charge in [0.2, 0.25) is 0 Å². The SMILES string of the molecule is CCOC(=O)C(C[NH3+])CC[NH3+]. The maximum atomic E-state index is 11.1. The molecule has 11 heavy (non-hydrogen) atoms. The van der Waals surface area contributed by atoms with E-state index in [-0.39, 0.29) is 11.9 Å². The van der Waals surface area contributed by atoms with Gasteiger partial charge in [0.1, 0.15) is 5.92 Å². The lowest BCUT2D eigenvalue weighted by molar-refractivity contribution is -0.392. The van der Waals surface area contributed by atoms with Crippen LogP contribution in [0.1, 0.15) is 13.3 Å². The van der Waals surface area contributed by atoms with E-state index in [2.05, 4.69) is 11.5 Å². The van der Waals surface area contributed by atoms with Crippen LogP contribution >= 0.6 is 0 Å². The van der Waals surface area contributed by atoms with Gasteiger partial charge in [0.15, 0.2) is 0 Å². The summed E-state index contributed by atoms with van der Waals surface area (Å²) >= 11 is 0. The zero-order valence-corrected chi connectivity index (χ0v) is 7.14. The second-order valence-corrected chi connectivity index (χ2v) is 2.38. The molecule has 0 aliphatic carbocycles. The number of quaternary nitrogens is 2. The Morgan fingerprint density at radius 2 is 2.18 bits per heavy atom. The molecule has 0 aromatic rings. The van der Waals surface area contributed by atoms with Gasteiger partial charge in [0, 0.05) is 6.42 Å². The molecule has 6 N–H and O–H groups in total. The van der Waals surface area contributed by atoms with Crippen molar-refractivity contribution in [3.05, 3.63) is 0 Å². The zero-order chi connectivity index (χ0) is 8.69. The first kappa shape index (κ1) is 10.4. The number of esters is 1. The minimum atomic E-state index is -0.133. The minimum absolute atomic E-state index is 0.0487. The standard InChI is InChI=1S/C7H16N2O2/c1-2-11-7(10)6(5-9)3-4-8/h6H,2-5,8-9H2,1H3/p+2. The smallest absolute Gasteiger partial charge is 0.314 e. The number of ether oxygens (including phenoxy) is 1. The second kappa shape index (κ2) is 6.12. The highest BCUT2D eigenvalue weighted by molar-refractivity contribution is 5.72. The van der Waals surface area contributed by atoms with Crippen molar-refractivity contribution in [2.75, 3.05) is 19.7 Å². The zero-order valence-electron chi connectivity index (χ0n) is 7.14. The van der Waals surface area contributed by atoms with Crippen molar-refractivity contribution in [2.45, 2.75) is 13.3 Å². The van der Waals surface area contributed by atoms with Crippen LogP contribution in [0.25, 0.3) is 0 Å². The van der Waals surface area contributed by atoms with Crippen LogP contribution in [0.3, 0.4) is 0 Å². The highest BCUT2D eigenvalue weighted by atomic mass is 16.5. The van der Waals surface area contributed by atoms with Crippen molar-refractivity contribution in [1.29, 1.82) is 0 Å². The van der Waals surface area contributed by atoms with Crippen molar-refractivity contribution >= 4 is 5.97 Å². The van der Waals surface area contributed by atoms with E-state index in [1.54, 1.807) is 0 Å². The van der Waals surface area contributed by atoms with Crippen LogP contribution in [0.15, 0.2) is 0 Å². The summed E-state index contributed by atoms with van der Waals surface area (Å²) in [6, 6.07) is 0. The molecule has 0 heterocycles. The van der Waals surface area contributed by atoms with Crippen LogP contribution in [0.2, 0.25) is 0 Å². The Morgan fingerprint density at radius 1 is 1.55 bits per heavy atom. The van der Waals surface area contributed by atoms with E-state index in [0.717, 1.165) is 13.0 Å². The van der Waals surface area contributed by atoms with E-state index >= 15 is 0 Å². The molecule has 0 aromatic carbocycles. The van der Waals surface area contributed by atoms with Crippen molar-refractivity contribution in [2.24, 2.45) is 5.92 Å². The van der Waals surface area contributed by atoms with Crippen LogP contribution < -0.4 is 11.5 Å². The van der Waals surface area contributed by atoms with Gasteiger partial charge in [-0.15, -0.1) is 0 Å². The number of carbonyl (C=O) groups is 1. The highest BCUT2D eigenvalue weighted by Gasteiger charge is 2.19. The van der Waals surface area contributed by atoms with Gasteiger partial charge in [-0.05, 0) is 6.92 Å². The molecule has 0 aliphatic rings. The first-order valence-electron chi connectivity index (χ1n) is 4.01. The van der Waals surface area contributed by atoms with Gasteiger partial charge in [0.25, 0.3) is 0 Å². The van der Waals surface area contributed by atoms with E-state index in [0.29, 0.717) is 13.2 Å². The van der Waals surface area contributed by atoms with E-state index in [4.69, 9.17) is 4.74 Å². The van der Waals surface area contributed by atoms with Crippen LogP contribution in [0.5, 0.6) is 0 Å². The normalized spacial score (nSPS) is 12.6. The van der Waals surface area contributed by atoms with Crippen LogP contribution in [0, 0.1) is 5.92 Å². The molecule has 0 aromatic heterocycles. The fourth-order valence-corrected chi connectivity index (χ4v) is 0.887. The molecule has 66 valence electrons. The van der Waals surface area contributed by atoms with Crippen LogP contribution in [-0.4, -0.2) is 25.7 Å². The molecule has 0 rings (SSSR count). The van der Waals surface area contributed by atoms with E-state index in [1.165, 1.54) is 0 Å². The number of carbonyl (C=O) groups excluding carboxylic acids is 1. The predicted molar refractivity (Wildman–Crippen MR) is 40.3 cm³/mol. The summed E-state index contributed by atoms with van der Waals surface area (Å²) < 4.78 is 4.84. The summed E-state index contributed by atoms with van der Waals surface area (Å²) in [5.74, 6) is -0.182. The molecule has 0 bridgehead atoms. The van der Waals surface area contributed by atoms with Gasteiger partial charge in [-0.1, -0.05) is 0 Å². The molecular weight excluding hydrogens is 144 g/mol. The van der Waals surface area contributed by atoms with Gasteiger partial charge in [0.05, 0.1) is 19.7 Å². The van der Waals surface area contributed by atoms with Crippen LogP contribution in [0.4, 0.5) is 0 Å². The number of rotatable bonds is 5. The Balaban J connectivity index is 3.71. The average molecular weight is 162 g/mol. The lowest BCUT2D eigenvalue weighted by Crippen LogP contribution is -2.58. The topological polar surface area (TPSA) is 81.6 Å². The molecule has 1 atom stereocenters. The minimum Gasteiger partial charge on any atom is -0.466 e. The van der Waals surface area contributed by atoms with Crippen molar-refractivity contribution < 1.29 is 21.0 Å². The van der Waals surface area contributed by atoms with Crippen LogP contribution in [-0.2, 0) is 9.53 Å². The molecule has 0 saturated carbocycles. The van der Waals surface area contributed by atoms with E-state index < -0.39 is 0 Å². The van der Waals surface area contributed by atoms with Gasteiger partial charge >= 0.3 is 5.97 Å². The van der Waals surface area contributed by atoms with Crippen molar-refractivity contribution in [3.8, 4) is 0 Å². The Morgan fingerprint density at radius 3 is 2.55 bits per heavy atom. The van der Waals surface area contributed by atoms with Gasteiger partial charge in [-0.3, -0.25) is 4.79 Å². The lowest BCUT2D eigenvalue weighted by atomic mass is 10.1. The van der Waals surface area contributed by atoms with E-state index in [1.807, 2.05) is 6.92 Å². The maximum Gasteiger partial charge on any atom is 0.314 e. The maximum absolute atomic E-state index is 11.1. The highest BCUT2D eigenvalue weighted by Crippen LogP contribution is 2.00. The van der Waals surface area contributed by atoms with Gasteiger partial charge in [-0.25, -0.2) is 0 Å². The molecule has 1 unspecified atom stereocenters. The Labute approximate surface area is 66.9 Å². The van der Waals surface area contributed by atoms with Gasteiger partial charge < -0.3 is 16.2 Å². The summed E-state index contributed by atoms with van der Waals surface area (Å²) in [4.78, 5) is 11.1. The molecular formula is C7H18N2O2+2. The molecule has 0 fully saturated rings. The van der Waals surface area contributed by atoms with Crippen molar-refractivity contribution in [3.63, 3.8) is 0 Å². The fraction of sp³-hybridized carbons (Fsp3) is 0.857. The summed E-state index contributed by atoms with van der Waals surface area (Å²) in [7, 11) is 0. The number of hydrogen-bond donors (Lipinski definition) is 2. The predicted octanol–water partition coefficient (Wildman–Crippen LogP) is -1.96. The molecule has 0 spiro atoms. The monoisotopic (exact) mass is 162 g/mol. The largest absolute Gasteiger partial charge is 0.466 e. The molecule has 0 saturated heterocycles. The molecule has 4 nitrogen and oxygen atoms in total. The number of hydrogen-bond acceptors (Lipinski definition) is 2. The van der Waals surface area contributed by atoms with Crippen molar-refractivity contribution in [1.82, 2.24) is 0 Å². The Kier molecular flexibility index (Phi) is 5.78. The van der Waals surface area contributed by atoms with E-state index in [9.17, 15) is 4.79 Å². The molecule has 0 aliphatic heterocycles.